The van der Waals surface area contributed by atoms with Gasteiger partial charge < -0.3 is 21.8 Å². The molecule has 1 aromatic rings. The molecule has 0 spiro atoms. The van der Waals surface area contributed by atoms with Crippen LogP contribution in [0.15, 0.2) is 24.2 Å². The summed E-state index contributed by atoms with van der Waals surface area (Å²) in [5.41, 5.74) is 13.0. The zero-order chi connectivity index (χ0) is 14.6. The van der Waals surface area contributed by atoms with Gasteiger partial charge in [0.05, 0.1) is 17.0 Å². The summed E-state index contributed by atoms with van der Waals surface area (Å²) in [5, 5.41) is 12.5. The van der Waals surface area contributed by atoms with Gasteiger partial charge in [-0.15, -0.1) is 0 Å². The number of aromatic nitrogens is 1. The molecule has 0 radical (unpaired) electrons. The van der Waals surface area contributed by atoms with Crippen molar-refractivity contribution in [1.29, 1.82) is 5.41 Å². The lowest BCUT2D eigenvalue weighted by atomic mass is 10.1. The number of nitrogens with two attached hydrogens (primary N) is 3. The summed E-state index contributed by atoms with van der Waals surface area (Å²) in [7, 11) is 1.63. The van der Waals surface area contributed by atoms with E-state index in [2.05, 4.69) is 10.3 Å². The highest BCUT2D eigenvalue weighted by Gasteiger charge is 2.16. The Morgan fingerprint density at radius 1 is 1.53 bits per heavy atom. The van der Waals surface area contributed by atoms with Crippen molar-refractivity contribution in [1.82, 2.24) is 9.99 Å². The van der Waals surface area contributed by atoms with E-state index >= 15 is 0 Å². The fourth-order valence-corrected chi connectivity index (χ4v) is 1.55. The molecule has 7 nitrogen and oxygen atoms in total. The molecular weight excluding hydrogens is 242 g/mol. The summed E-state index contributed by atoms with van der Waals surface area (Å²) < 4.78 is 0. The zero-order valence-electron chi connectivity index (χ0n) is 11.4. The van der Waals surface area contributed by atoms with Gasteiger partial charge in [-0.05, 0) is 19.9 Å². The minimum Gasteiger partial charge on any atom is -0.398 e. The average molecular weight is 263 g/mol. The predicted molar refractivity (Wildman–Crippen MR) is 78.5 cm³/mol. The normalized spacial score (nSPS) is 11.5. The van der Waals surface area contributed by atoms with Gasteiger partial charge in [-0.25, -0.2) is 10.8 Å². The molecule has 7 heteroatoms. The van der Waals surface area contributed by atoms with Crippen molar-refractivity contribution in [2.75, 3.05) is 18.1 Å². The Morgan fingerprint density at radius 3 is 2.68 bits per heavy atom. The van der Waals surface area contributed by atoms with Gasteiger partial charge in [-0.1, -0.05) is 0 Å². The Morgan fingerprint density at radius 2 is 2.16 bits per heavy atom. The molecule has 1 heterocycles. The molecule has 0 saturated heterocycles. The number of nitrogen functional groups attached to an aromatic ring is 1. The van der Waals surface area contributed by atoms with Crippen LogP contribution in [0.3, 0.4) is 0 Å². The molecule has 0 fully saturated rings. The van der Waals surface area contributed by atoms with Gasteiger partial charge in [-0.3, -0.25) is 5.41 Å². The Kier molecular flexibility index (Phi) is 4.71. The molecule has 0 aromatic carbocycles. The number of rotatable bonds is 5. The summed E-state index contributed by atoms with van der Waals surface area (Å²) >= 11 is 0. The van der Waals surface area contributed by atoms with Gasteiger partial charge in [0.25, 0.3) is 0 Å². The van der Waals surface area contributed by atoms with E-state index in [0.29, 0.717) is 17.1 Å². The van der Waals surface area contributed by atoms with Crippen LogP contribution in [0.2, 0.25) is 0 Å². The Labute approximate surface area is 113 Å². The largest absolute Gasteiger partial charge is 0.398 e. The summed E-state index contributed by atoms with van der Waals surface area (Å²) in [4.78, 5) is 4.20. The zero-order valence-corrected chi connectivity index (χ0v) is 11.4. The molecule has 0 aliphatic rings. The van der Waals surface area contributed by atoms with Gasteiger partial charge >= 0.3 is 0 Å². The van der Waals surface area contributed by atoms with Crippen molar-refractivity contribution < 1.29 is 0 Å². The van der Waals surface area contributed by atoms with Crippen molar-refractivity contribution >= 4 is 17.2 Å². The van der Waals surface area contributed by atoms with Crippen LogP contribution in [-0.2, 0) is 0 Å². The van der Waals surface area contributed by atoms with Gasteiger partial charge in [0.2, 0.25) is 0 Å². The fraction of sp³-hybridized carbons (Fsp3) is 0.333. The van der Waals surface area contributed by atoms with E-state index in [1.165, 1.54) is 11.2 Å². The third-order valence-electron chi connectivity index (χ3n) is 2.29. The molecular formula is C12H21N7. The minimum absolute atomic E-state index is 0.0889. The number of hydrogen-bond acceptors (Lipinski definition) is 7. The number of allylic oxidation sites excluding steroid dienone is 1. The number of nitrogens with zero attached hydrogens (tertiary/aromatic N) is 2. The lowest BCUT2D eigenvalue weighted by molar-refractivity contribution is 0.482. The first kappa shape index (κ1) is 14.8. The van der Waals surface area contributed by atoms with Crippen LogP contribution < -0.4 is 22.6 Å². The van der Waals surface area contributed by atoms with E-state index < -0.39 is 0 Å². The first-order chi connectivity index (χ1) is 8.82. The quantitative estimate of drug-likeness (QED) is 0.298. The molecule has 104 valence electrons. The first-order valence-corrected chi connectivity index (χ1v) is 5.88. The van der Waals surface area contributed by atoms with Crippen molar-refractivity contribution in [3.05, 3.63) is 29.7 Å². The molecule has 0 bridgehead atoms. The highest BCUT2D eigenvalue weighted by molar-refractivity contribution is 6.15. The average Bonchev–Trinajstić information content (AvgIpc) is 2.26. The van der Waals surface area contributed by atoms with Crippen LogP contribution in [0.4, 0.5) is 11.5 Å². The lowest BCUT2D eigenvalue weighted by Gasteiger charge is -2.17. The van der Waals surface area contributed by atoms with Crippen LogP contribution in [0.25, 0.3) is 0 Å². The molecule has 0 aliphatic heterocycles. The van der Waals surface area contributed by atoms with Gasteiger partial charge in [0.15, 0.2) is 0 Å². The Hall–Kier alpha value is -2.28. The molecule has 0 unspecified atom stereocenters. The second-order valence-electron chi connectivity index (χ2n) is 4.55. The van der Waals surface area contributed by atoms with Crippen molar-refractivity contribution in [2.24, 2.45) is 11.6 Å². The molecule has 19 heavy (non-hydrogen) atoms. The summed E-state index contributed by atoms with van der Waals surface area (Å²) in [6, 6.07) is 1.80. The van der Waals surface area contributed by atoms with Crippen LogP contribution in [0.1, 0.15) is 19.4 Å². The van der Waals surface area contributed by atoms with E-state index in [-0.39, 0.29) is 17.5 Å². The smallest absolute Gasteiger partial charge is 0.137 e. The third kappa shape index (κ3) is 3.85. The SMILES string of the molecule is CC(C)Nc1nccc(N)c1C(=N)/C(N)=C/N(C)N. The van der Waals surface area contributed by atoms with Gasteiger partial charge in [0, 0.05) is 31.2 Å². The molecule has 0 aliphatic carbocycles. The standard InChI is InChI=1S/C12H21N7/c1-7(2)18-12-10(8(13)4-5-17-12)11(15)9(14)6-19(3)16/h4-7,15H,14,16H2,1-3H3,(H3,13,17,18)/b9-6-,15-11?. The summed E-state index contributed by atoms with van der Waals surface area (Å²) in [5.74, 6) is 6.02. The summed E-state index contributed by atoms with van der Waals surface area (Å²) in [6.07, 6.45) is 3.04. The maximum Gasteiger partial charge on any atom is 0.137 e. The van der Waals surface area contributed by atoms with E-state index in [0.717, 1.165) is 0 Å². The molecule has 8 N–H and O–H groups in total. The molecule has 0 atom stereocenters. The Balaban J connectivity index is 3.21. The molecule has 1 rings (SSSR count). The van der Waals surface area contributed by atoms with Gasteiger partial charge in [0.1, 0.15) is 5.82 Å². The van der Waals surface area contributed by atoms with Crippen molar-refractivity contribution in [3.8, 4) is 0 Å². The minimum atomic E-state index is 0.0889. The number of nitrogens with one attached hydrogen (secondary N) is 2. The number of anilines is 2. The summed E-state index contributed by atoms with van der Waals surface area (Å²) in [6.45, 7) is 3.95. The van der Waals surface area contributed by atoms with Crippen molar-refractivity contribution in [2.45, 2.75) is 19.9 Å². The predicted octanol–water partition coefficient (Wildman–Crippen LogP) is 0.458. The highest BCUT2D eigenvalue weighted by atomic mass is 15.4. The van der Waals surface area contributed by atoms with Crippen molar-refractivity contribution in [3.63, 3.8) is 0 Å². The number of hydrogen-bond donors (Lipinski definition) is 5. The van der Waals surface area contributed by atoms with Crippen LogP contribution >= 0.6 is 0 Å². The second-order valence-corrected chi connectivity index (χ2v) is 4.55. The van der Waals surface area contributed by atoms with Crippen LogP contribution in [-0.4, -0.2) is 28.8 Å². The molecule has 0 saturated carbocycles. The maximum absolute atomic E-state index is 8.12. The fourth-order valence-electron chi connectivity index (χ4n) is 1.55. The molecule has 0 amide bonds. The Bertz CT molecular complexity index is 491. The second kappa shape index (κ2) is 6.05. The van der Waals surface area contributed by atoms with Crippen LogP contribution in [0.5, 0.6) is 0 Å². The molecule has 1 aromatic heterocycles. The first-order valence-electron chi connectivity index (χ1n) is 5.88. The van der Waals surface area contributed by atoms with E-state index in [9.17, 15) is 0 Å². The number of pyridine rings is 1. The van der Waals surface area contributed by atoms with E-state index in [4.69, 9.17) is 22.7 Å². The maximum atomic E-state index is 8.12. The van der Waals surface area contributed by atoms with Crippen LogP contribution in [0, 0.1) is 5.41 Å². The monoisotopic (exact) mass is 263 g/mol. The van der Waals surface area contributed by atoms with E-state index in [1.54, 1.807) is 19.3 Å². The topological polar surface area (TPSA) is 130 Å². The lowest BCUT2D eigenvalue weighted by Crippen LogP contribution is -2.25. The third-order valence-corrected chi connectivity index (χ3v) is 2.29. The van der Waals surface area contributed by atoms with E-state index in [1.807, 2.05) is 13.8 Å². The highest BCUT2D eigenvalue weighted by Crippen LogP contribution is 2.22. The van der Waals surface area contributed by atoms with Gasteiger partial charge in [-0.2, -0.15) is 0 Å². The number of hydrazine groups is 1.